The molecule has 2 aliphatic heterocycles. The van der Waals surface area contributed by atoms with E-state index in [2.05, 4.69) is 5.32 Å². The molecule has 24 heavy (non-hydrogen) atoms. The number of likely N-dealkylation sites (tertiary alicyclic amines) is 1. The average Bonchev–Trinajstić information content (AvgIpc) is 2.75. The van der Waals surface area contributed by atoms with Gasteiger partial charge in [-0.3, -0.25) is 14.5 Å². The highest BCUT2D eigenvalue weighted by Gasteiger charge is 2.43. The molecule has 2 atom stereocenters. The molecule has 0 radical (unpaired) electrons. The number of urea groups is 1. The fraction of sp³-hybridized carbons (Fsp3) is 0.833. The molecule has 0 bridgehead atoms. The zero-order valence-corrected chi connectivity index (χ0v) is 14.8. The molecule has 0 aromatic heterocycles. The molecule has 3 aliphatic rings. The van der Waals surface area contributed by atoms with Gasteiger partial charge in [0, 0.05) is 26.1 Å². The van der Waals surface area contributed by atoms with Gasteiger partial charge in [-0.2, -0.15) is 0 Å². The minimum Gasteiger partial charge on any atom is -0.342 e. The maximum atomic E-state index is 12.5. The van der Waals surface area contributed by atoms with Crippen molar-refractivity contribution < 1.29 is 14.4 Å². The van der Waals surface area contributed by atoms with Gasteiger partial charge in [0.15, 0.2) is 0 Å². The first kappa shape index (κ1) is 17.2. The average molecular weight is 335 g/mol. The summed E-state index contributed by atoms with van der Waals surface area (Å²) < 4.78 is 0. The van der Waals surface area contributed by atoms with Gasteiger partial charge in [0.05, 0.1) is 0 Å². The molecular weight excluding hydrogens is 306 g/mol. The Hall–Kier alpha value is -1.59. The normalized spacial score (nSPS) is 29.4. The topological polar surface area (TPSA) is 69.7 Å². The summed E-state index contributed by atoms with van der Waals surface area (Å²) in [6.45, 7) is 5.50. The molecule has 6 nitrogen and oxygen atoms in total. The second-order valence-corrected chi connectivity index (χ2v) is 8.05. The summed E-state index contributed by atoms with van der Waals surface area (Å²) in [7, 11) is 0. The molecule has 3 rings (SSSR count). The van der Waals surface area contributed by atoms with Crippen molar-refractivity contribution in [1.82, 2.24) is 15.1 Å². The molecule has 0 unspecified atom stereocenters. The third-order valence-corrected chi connectivity index (χ3v) is 5.86. The summed E-state index contributed by atoms with van der Waals surface area (Å²) in [5, 5.41) is 2.67. The van der Waals surface area contributed by atoms with Crippen LogP contribution in [0.3, 0.4) is 0 Å². The van der Waals surface area contributed by atoms with Crippen molar-refractivity contribution in [1.29, 1.82) is 0 Å². The first-order valence-corrected chi connectivity index (χ1v) is 9.30. The molecule has 1 N–H and O–H groups in total. The van der Waals surface area contributed by atoms with Crippen LogP contribution in [0.25, 0.3) is 0 Å². The Kier molecular flexibility index (Phi) is 4.83. The fourth-order valence-corrected chi connectivity index (χ4v) is 4.39. The molecule has 2 heterocycles. The lowest BCUT2D eigenvalue weighted by Gasteiger charge is -2.41. The van der Waals surface area contributed by atoms with Crippen molar-refractivity contribution in [2.24, 2.45) is 11.8 Å². The van der Waals surface area contributed by atoms with Crippen LogP contribution >= 0.6 is 0 Å². The summed E-state index contributed by atoms with van der Waals surface area (Å²) in [4.78, 5) is 39.7. The van der Waals surface area contributed by atoms with Gasteiger partial charge in [0.1, 0.15) is 5.54 Å². The number of nitrogens with zero attached hydrogens (tertiary/aromatic N) is 2. The summed E-state index contributed by atoms with van der Waals surface area (Å²) in [5.41, 5.74) is -0.829. The minimum atomic E-state index is -0.829. The zero-order chi connectivity index (χ0) is 17.3. The Labute approximate surface area is 143 Å². The molecule has 0 aromatic rings. The van der Waals surface area contributed by atoms with Crippen molar-refractivity contribution in [3.63, 3.8) is 0 Å². The molecular formula is C18H29N3O3. The van der Waals surface area contributed by atoms with E-state index < -0.39 is 5.54 Å². The highest BCUT2D eigenvalue weighted by molar-refractivity contribution is 6.06. The number of amides is 4. The van der Waals surface area contributed by atoms with Crippen molar-refractivity contribution in [3.05, 3.63) is 0 Å². The molecule has 0 spiro atoms. The summed E-state index contributed by atoms with van der Waals surface area (Å²) in [6.07, 6.45) is 7.31. The minimum absolute atomic E-state index is 0.172. The van der Waals surface area contributed by atoms with Crippen molar-refractivity contribution in [2.45, 2.75) is 64.3 Å². The van der Waals surface area contributed by atoms with Gasteiger partial charge in [0.25, 0.3) is 5.91 Å². The summed E-state index contributed by atoms with van der Waals surface area (Å²) in [6, 6.07) is -0.347. The van der Waals surface area contributed by atoms with Crippen LogP contribution in [0.5, 0.6) is 0 Å². The Bertz CT molecular complexity index is 532. The maximum Gasteiger partial charge on any atom is 0.325 e. The van der Waals surface area contributed by atoms with E-state index in [0.717, 1.165) is 25.4 Å². The molecule has 134 valence electrons. The number of hydrogen-bond donors (Lipinski definition) is 1. The number of nitrogens with one attached hydrogen (secondary N) is 1. The van der Waals surface area contributed by atoms with Gasteiger partial charge in [-0.25, -0.2) is 4.79 Å². The molecule has 3 fully saturated rings. The van der Waals surface area contributed by atoms with E-state index in [4.69, 9.17) is 0 Å². The fourth-order valence-electron chi connectivity index (χ4n) is 4.39. The van der Waals surface area contributed by atoms with E-state index >= 15 is 0 Å². The molecule has 4 amide bonds. The Morgan fingerprint density at radius 1 is 1.17 bits per heavy atom. The third-order valence-electron chi connectivity index (χ3n) is 5.86. The van der Waals surface area contributed by atoms with Crippen LogP contribution in [-0.4, -0.2) is 52.8 Å². The monoisotopic (exact) mass is 335 g/mol. The highest BCUT2D eigenvalue weighted by atomic mass is 16.2. The van der Waals surface area contributed by atoms with Gasteiger partial charge in [-0.05, 0) is 44.9 Å². The largest absolute Gasteiger partial charge is 0.342 e. The van der Waals surface area contributed by atoms with Gasteiger partial charge in [0.2, 0.25) is 5.91 Å². The molecule has 0 aromatic carbocycles. The van der Waals surface area contributed by atoms with Gasteiger partial charge in [-0.15, -0.1) is 0 Å². The van der Waals surface area contributed by atoms with Crippen LogP contribution < -0.4 is 5.32 Å². The molecule has 1 saturated carbocycles. The molecule has 6 heteroatoms. The van der Waals surface area contributed by atoms with E-state index in [1.807, 2.05) is 4.90 Å². The summed E-state index contributed by atoms with van der Waals surface area (Å²) >= 11 is 0. The third kappa shape index (κ3) is 3.42. The van der Waals surface area contributed by atoms with Crippen LogP contribution in [0.15, 0.2) is 0 Å². The Balaban J connectivity index is 1.44. The molecule has 2 saturated heterocycles. The zero-order valence-electron chi connectivity index (χ0n) is 14.8. The number of carbonyl (C=O) groups excluding carboxylic acids is 3. The second kappa shape index (κ2) is 6.73. The SMILES string of the molecule is CC1(C)NC(=O)N(CCCC(=O)N2CC[C@@H]3CCCC[C@H]3C2)C1=O. The highest BCUT2D eigenvalue weighted by Crippen LogP contribution is 2.36. The van der Waals surface area contributed by atoms with Crippen LogP contribution in [0.2, 0.25) is 0 Å². The maximum absolute atomic E-state index is 12.5. The van der Waals surface area contributed by atoms with Gasteiger partial charge in [-0.1, -0.05) is 19.3 Å². The summed E-state index contributed by atoms with van der Waals surface area (Å²) in [5.74, 6) is 1.47. The van der Waals surface area contributed by atoms with E-state index in [0.29, 0.717) is 25.3 Å². The number of rotatable bonds is 4. The van der Waals surface area contributed by atoms with E-state index in [1.54, 1.807) is 13.8 Å². The Morgan fingerprint density at radius 3 is 2.54 bits per heavy atom. The molecule has 1 aliphatic carbocycles. The predicted molar refractivity (Wildman–Crippen MR) is 90.2 cm³/mol. The Morgan fingerprint density at radius 2 is 1.88 bits per heavy atom. The number of hydrogen-bond acceptors (Lipinski definition) is 3. The second-order valence-electron chi connectivity index (χ2n) is 8.05. The smallest absolute Gasteiger partial charge is 0.325 e. The standard InChI is InChI=1S/C18H29N3O3/c1-18(2)16(23)21(17(24)19-18)10-5-8-15(22)20-11-9-13-6-3-4-7-14(13)12-20/h13-14H,3-12H2,1-2H3,(H,19,24)/t13-,14-/m0/s1. The number of imide groups is 1. The van der Waals surface area contributed by atoms with Crippen molar-refractivity contribution in [2.75, 3.05) is 19.6 Å². The van der Waals surface area contributed by atoms with E-state index in [9.17, 15) is 14.4 Å². The number of fused-ring (bicyclic) bond motifs is 1. The van der Waals surface area contributed by atoms with Gasteiger partial charge < -0.3 is 10.2 Å². The lowest BCUT2D eigenvalue weighted by molar-refractivity contribution is -0.135. The van der Waals surface area contributed by atoms with Crippen LogP contribution in [0.1, 0.15) is 58.8 Å². The van der Waals surface area contributed by atoms with Crippen LogP contribution in [0.4, 0.5) is 4.79 Å². The van der Waals surface area contributed by atoms with Crippen molar-refractivity contribution >= 4 is 17.8 Å². The predicted octanol–water partition coefficient (Wildman–Crippen LogP) is 2.14. The van der Waals surface area contributed by atoms with Crippen LogP contribution in [-0.2, 0) is 9.59 Å². The van der Waals surface area contributed by atoms with E-state index in [1.165, 1.54) is 30.6 Å². The quantitative estimate of drug-likeness (QED) is 0.800. The number of piperidine rings is 1. The number of carbonyl (C=O) groups is 3. The van der Waals surface area contributed by atoms with Crippen molar-refractivity contribution in [3.8, 4) is 0 Å². The van der Waals surface area contributed by atoms with E-state index in [-0.39, 0.29) is 17.8 Å². The first-order valence-electron chi connectivity index (χ1n) is 9.30. The lowest BCUT2D eigenvalue weighted by Crippen LogP contribution is -2.45. The van der Waals surface area contributed by atoms with Gasteiger partial charge >= 0.3 is 6.03 Å². The van der Waals surface area contributed by atoms with Crippen LogP contribution in [0, 0.1) is 11.8 Å². The lowest BCUT2D eigenvalue weighted by atomic mass is 9.75. The first-order chi connectivity index (χ1) is 11.4.